The Morgan fingerprint density at radius 2 is 1.93 bits per heavy atom. The zero-order valence-electron chi connectivity index (χ0n) is 16.5. The van der Waals surface area contributed by atoms with Gasteiger partial charge in [-0.2, -0.15) is 8.78 Å². The molecule has 0 fully saturated rings. The van der Waals surface area contributed by atoms with Crippen molar-refractivity contribution >= 4 is 5.97 Å². The van der Waals surface area contributed by atoms with Crippen molar-refractivity contribution in [3.05, 3.63) is 62.6 Å². The number of carbonyl (C=O) groups excluding carboxylic acids is 1. The molecule has 0 aliphatic carbocycles. The van der Waals surface area contributed by atoms with Gasteiger partial charge in [-0.25, -0.2) is 4.79 Å². The van der Waals surface area contributed by atoms with Crippen LogP contribution in [0.2, 0.25) is 0 Å². The molecule has 9 heteroatoms. The fourth-order valence-electron chi connectivity index (χ4n) is 3.32. The van der Waals surface area contributed by atoms with Crippen molar-refractivity contribution < 1.29 is 28.0 Å². The fraction of sp³-hybridized carbons (Fsp3) is 0.450. The molecule has 1 aromatic carbocycles. The van der Waals surface area contributed by atoms with Crippen molar-refractivity contribution in [2.75, 3.05) is 6.61 Å². The summed E-state index contributed by atoms with van der Waals surface area (Å²) in [5, 5.41) is 14.6. The lowest BCUT2D eigenvalue weighted by Crippen LogP contribution is -2.32. The van der Waals surface area contributed by atoms with Gasteiger partial charge in [0.05, 0.1) is 22.8 Å². The topological polar surface area (TPSA) is 90.7 Å². The molecule has 1 aliphatic heterocycles. The highest BCUT2D eigenvalue weighted by atomic mass is 19.3. The number of nitrogens with one attached hydrogen (secondary N) is 1. The van der Waals surface area contributed by atoms with Gasteiger partial charge in [0.1, 0.15) is 11.7 Å². The summed E-state index contributed by atoms with van der Waals surface area (Å²) in [6, 6.07) is 5.74. The van der Waals surface area contributed by atoms with Gasteiger partial charge in [0, 0.05) is 11.3 Å². The molecule has 0 radical (unpaired) electrons. The number of ether oxygens (including phenoxy) is 2. The number of carbonyl (C=O) groups is 1. The molecule has 1 atom stereocenters. The number of para-hydroxylation sites is 1. The quantitative estimate of drug-likeness (QED) is 0.279. The van der Waals surface area contributed by atoms with E-state index in [1.54, 1.807) is 13.0 Å². The van der Waals surface area contributed by atoms with Gasteiger partial charge in [-0.05, 0) is 26.3 Å². The molecule has 0 amide bonds. The number of allylic oxidation sites excluding steroid dienone is 3. The second-order valence-electron chi connectivity index (χ2n) is 6.62. The summed E-state index contributed by atoms with van der Waals surface area (Å²) in [5.74, 6) is -2.17. The van der Waals surface area contributed by atoms with E-state index in [0.29, 0.717) is 12.1 Å². The van der Waals surface area contributed by atoms with E-state index in [4.69, 9.17) is 4.74 Å². The molecule has 0 bridgehead atoms. The predicted octanol–water partition coefficient (Wildman–Crippen LogP) is 4.49. The highest BCUT2D eigenvalue weighted by molar-refractivity contribution is 5.92. The number of alkyl halides is 2. The zero-order valence-corrected chi connectivity index (χ0v) is 16.5. The molecule has 1 unspecified atom stereocenters. The van der Waals surface area contributed by atoms with E-state index in [-0.39, 0.29) is 34.9 Å². The minimum atomic E-state index is -3.11. The van der Waals surface area contributed by atoms with Crippen LogP contribution in [0.5, 0.6) is 5.75 Å². The second-order valence-corrected chi connectivity index (χ2v) is 6.62. The lowest BCUT2D eigenvalue weighted by atomic mass is 9.83. The molecule has 158 valence electrons. The summed E-state index contributed by atoms with van der Waals surface area (Å²) < 4.78 is 35.7. The van der Waals surface area contributed by atoms with Gasteiger partial charge in [0.15, 0.2) is 0 Å². The second kappa shape index (κ2) is 9.99. The van der Waals surface area contributed by atoms with E-state index < -0.39 is 23.4 Å². The van der Waals surface area contributed by atoms with Crippen molar-refractivity contribution in [3.63, 3.8) is 0 Å². The number of hydrogen-bond donors (Lipinski definition) is 1. The van der Waals surface area contributed by atoms with E-state index in [1.165, 1.54) is 25.1 Å². The third-order valence-corrected chi connectivity index (χ3v) is 4.57. The van der Waals surface area contributed by atoms with Gasteiger partial charge in [0.25, 0.3) is 5.70 Å². The van der Waals surface area contributed by atoms with Crippen LogP contribution < -0.4 is 10.1 Å². The SMILES string of the molecule is CCCCCOC(=O)C1=C(C)NC(C)=C([N+](=O)[O-])C1c1ccccc1OC(F)F. The Kier molecular flexibility index (Phi) is 7.69. The maximum atomic E-state index is 12.9. The summed E-state index contributed by atoms with van der Waals surface area (Å²) >= 11 is 0. The normalized spacial score (nSPS) is 16.7. The average molecular weight is 410 g/mol. The molecule has 29 heavy (non-hydrogen) atoms. The van der Waals surface area contributed by atoms with Crippen LogP contribution in [-0.4, -0.2) is 24.1 Å². The Bertz CT molecular complexity index is 836. The summed E-state index contributed by atoms with van der Waals surface area (Å²) in [5.41, 5.74) is 0.364. The first-order valence-electron chi connectivity index (χ1n) is 9.31. The van der Waals surface area contributed by atoms with Crippen LogP contribution in [-0.2, 0) is 9.53 Å². The van der Waals surface area contributed by atoms with Gasteiger partial charge >= 0.3 is 12.6 Å². The Balaban J connectivity index is 2.53. The molecule has 1 N–H and O–H groups in total. The monoisotopic (exact) mass is 410 g/mol. The molecule has 1 aliphatic rings. The van der Waals surface area contributed by atoms with E-state index in [1.807, 2.05) is 6.92 Å². The van der Waals surface area contributed by atoms with Crippen LogP contribution >= 0.6 is 0 Å². The molecule has 1 aromatic rings. The van der Waals surface area contributed by atoms with Crippen molar-refractivity contribution in [3.8, 4) is 5.75 Å². The number of nitrogens with zero attached hydrogens (tertiary/aromatic N) is 1. The first-order chi connectivity index (χ1) is 13.8. The van der Waals surface area contributed by atoms with E-state index >= 15 is 0 Å². The Hall–Kier alpha value is -2.97. The summed E-state index contributed by atoms with van der Waals surface area (Å²) in [6.07, 6.45) is 2.47. The Morgan fingerprint density at radius 1 is 1.24 bits per heavy atom. The number of benzene rings is 1. The van der Waals surface area contributed by atoms with Gasteiger partial charge in [0.2, 0.25) is 0 Å². The number of unbranched alkanes of at least 4 members (excludes halogenated alkanes) is 2. The number of halogens is 2. The molecule has 0 aromatic heterocycles. The molecule has 0 spiro atoms. The summed E-state index contributed by atoms with van der Waals surface area (Å²) in [7, 11) is 0. The zero-order chi connectivity index (χ0) is 21.6. The first kappa shape index (κ1) is 22.3. The lowest BCUT2D eigenvalue weighted by Gasteiger charge is -2.27. The van der Waals surface area contributed by atoms with Gasteiger partial charge in [-0.1, -0.05) is 38.0 Å². The minimum Gasteiger partial charge on any atom is -0.462 e. The van der Waals surface area contributed by atoms with Crippen molar-refractivity contribution in [1.29, 1.82) is 0 Å². The van der Waals surface area contributed by atoms with E-state index in [2.05, 4.69) is 10.1 Å². The predicted molar refractivity (Wildman–Crippen MR) is 102 cm³/mol. The summed E-state index contributed by atoms with van der Waals surface area (Å²) in [6.45, 7) is 2.14. The molecular weight excluding hydrogens is 386 g/mol. The van der Waals surface area contributed by atoms with Gasteiger partial charge in [-0.3, -0.25) is 10.1 Å². The van der Waals surface area contributed by atoms with Gasteiger partial charge in [-0.15, -0.1) is 0 Å². The van der Waals surface area contributed by atoms with Crippen molar-refractivity contribution in [2.24, 2.45) is 0 Å². The molecule has 2 rings (SSSR count). The van der Waals surface area contributed by atoms with Crippen molar-refractivity contribution in [1.82, 2.24) is 5.32 Å². The molecule has 0 saturated heterocycles. The highest BCUT2D eigenvalue weighted by Crippen LogP contribution is 2.42. The Morgan fingerprint density at radius 3 is 2.55 bits per heavy atom. The summed E-state index contributed by atoms with van der Waals surface area (Å²) in [4.78, 5) is 24.0. The lowest BCUT2D eigenvalue weighted by molar-refractivity contribution is -0.431. The molecule has 1 heterocycles. The van der Waals surface area contributed by atoms with Crippen LogP contribution in [0.1, 0.15) is 51.5 Å². The first-order valence-corrected chi connectivity index (χ1v) is 9.31. The highest BCUT2D eigenvalue weighted by Gasteiger charge is 2.42. The van der Waals surface area contributed by atoms with Crippen LogP contribution in [0.3, 0.4) is 0 Å². The van der Waals surface area contributed by atoms with E-state index in [9.17, 15) is 23.7 Å². The fourth-order valence-corrected chi connectivity index (χ4v) is 3.32. The number of nitro groups is 1. The molecule has 0 saturated carbocycles. The smallest absolute Gasteiger partial charge is 0.387 e. The third kappa shape index (κ3) is 5.30. The van der Waals surface area contributed by atoms with E-state index in [0.717, 1.165) is 12.8 Å². The van der Waals surface area contributed by atoms with Crippen LogP contribution in [0, 0.1) is 10.1 Å². The Labute approximate surface area is 167 Å². The minimum absolute atomic E-state index is 0.00381. The van der Waals surface area contributed by atoms with Crippen LogP contribution in [0.15, 0.2) is 46.9 Å². The van der Waals surface area contributed by atoms with Crippen molar-refractivity contribution in [2.45, 2.75) is 52.6 Å². The number of rotatable bonds is 9. The maximum absolute atomic E-state index is 12.9. The number of dihydropyridines is 1. The standard InChI is InChI=1S/C20H24F2N2O5/c1-4-5-8-11-28-19(25)16-12(2)23-13(3)18(24(26)27)17(16)14-9-6-7-10-15(14)29-20(21)22/h6-7,9-10,17,20,23H,4-5,8,11H2,1-3H3. The van der Waals surface area contributed by atoms with Gasteiger partial charge < -0.3 is 14.8 Å². The third-order valence-electron chi connectivity index (χ3n) is 4.57. The molecular formula is C20H24F2N2O5. The number of hydrogen-bond acceptors (Lipinski definition) is 6. The largest absolute Gasteiger partial charge is 0.462 e. The maximum Gasteiger partial charge on any atom is 0.387 e. The average Bonchev–Trinajstić information content (AvgIpc) is 2.64. The molecule has 7 nitrogen and oxygen atoms in total. The van der Waals surface area contributed by atoms with Crippen LogP contribution in [0.4, 0.5) is 8.78 Å². The van der Waals surface area contributed by atoms with Crippen LogP contribution in [0.25, 0.3) is 0 Å². The number of esters is 1.